The molecule has 0 spiro atoms. The zero-order valence-electron chi connectivity index (χ0n) is 15.4. The highest BCUT2D eigenvalue weighted by molar-refractivity contribution is 6.11. The molecule has 4 N–H and O–H groups in total. The summed E-state index contributed by atoms with van der Waals surface area (Å²) < 4.78 is 5.21. The molecule has 1 aliphatic rings. The van der Waals surface area contributed by atoms with Gasteiger partial charge in [-0.2, -0.15) is 15.6 Å². The number of rotatable bonds is 6. The number of benzene rings is 2. The number of carbonyl (C=O) groups excluding carboxylic acids is 1. The Morgan fingerprint density at radius 3 is 2.45 bits per heavy atom. The summed E-state index contributed by atoms with van der Waals surface area (Å²) >= 11 is 0. The van der Waals surface area contributed by atoms with Crippen LogP contribution in [0.15, 0.2) is 65.3 Å². The maximum absolute atomic E-state index is 10.8. The molecule has 2 atom stereocenters. The molecule has 0 saturated heterocycles. The van der Waals surface area contributed by atoms with E-state index in [4.69, 9.17) is 16.2 Å². The summed E-state index contributed by atoms with van der Waals surface area (Å²) in [6.07, 6.45) is 0.932. The minimum absolute atomic E-state index is 0.216. The molecule has 0 bridgehead atoms. The number of allylic oxidation sites excluding steroid dienone is 1. The summed E-state index contributed by atoms with van der Waals surface area (Å²) in [6.45, 7) is -0.216. The molecular formula is C21H18N6O2. The average Bonchev–Trinajstić information content (AvgIpc) is 3.08. The SMILES string of the molecule is N#C/C(=C/c1ccc(OCC(N)=O)cc1)C1=NN(c2ccccc2)[C@H](N)[C@@H]1C#N. The number of amides is 1. The molecule has 3 rings (SSSR count). The van der Waals surface area contributed by atoms with Crippen LogP contribution in [0.25, 0.3) is 6.08 Å². The van der Waals surface area contributed by atoms with Gasteiger partial charge in [0.1, 0.15) is 23.9 Å². The van der Waals surface area contributed by atoms with Crippen molar-refractivity contribution >= 4 is 23.4 Å². The smallest absolute Gasteiger partial charge is 0.255 e. The standard InChI is InChI=1S/C21H18N6O2/c22-11-15(10-14-6-8-17(9-7-14)29-13-19(24)28)20-18(12-23)21(25)27(26-20)16-4-2-1-3-5-16/h1-10,18,21H,13,25H2,(H2,24,28)/b15-10-/t18-,21+/m1/s1. The second kappa shape index (κ2) is 8.70. The summed E-state index contributed by atoms with van der Waals surface area (Å²) in [5, 5.41) is 25.3. The zero-order chi connectivity index (χ0) is 20.8. The van der Waals surface area contributed by atoms with Crippen molar-refractivity contribution in [3.05, 3.63) is 65.7 Å². The molecule has 8 nitrogen and oxygen atoms in total. The Balaban J connectivity index is 1.89. The number of nitriles is 2. The number of anilines is 1. The van der Waals surface area contributed by atoms with Gasteiger partial charge in [-0.15, -0.1) is 0 Å². The fourth-order valence-electron chi connectivity index (χ4n) is 2.86. The molecule has 0 radical (unpaired) electrons. The van der Waals surface area contributed by atoms with Gasteiger partial charge >= 0.3 is 0 Å². The van der Waals surface area contributed by atoms with Crippen molar-refractivity contribution in [1.82, 2.24) is 0 Å². The Hall–Kier alpha value is -4.14. The van der Waals surface area contributed by atoms with Crippen molar-refractivity contribution in [2.75, 3.05) is 11.6 Å². The third kappa shape index (κ3) is 4.41. The molecule has 2 aromatic rings. The number of ether oxygens (including phenoxy) is 1. The maximum atomic E-state index is 10.8. The van der Waals surface area contributed by atoms with Crippen LogP contribution >= 0.6 is 0 Å². The highest BCUT2D eigenvalue weighted by Crippen LogP contribution is 2.28. The van der Waals surface area contributed by atoms with Crippen molar-refractivity contribution in [3.63, 3.8) is 0 Å². The quantitative estimate of drug-likeness (QED) is 0.725. The number of primary amides is 1. The molecule has 0 fully saturated rings. The molecule has 0 saturated carbocycles. The van der Waals surface area contributed by atoms with E-state index in [1.54, 1.807) is 35.4 Å². The molecule has 1 amide bonds. The number of hydrazone groups is 1. The fourth-order valence-corrected chi connectivity index (χ4v) is 2.86. The molecule has 0 aliphatic carbocycles. The summed E-state index contributed by atoms with van der Waals surface area (Å²) in [5.41, 5.74) is 13.3. The van der Waals surface area contributed by atoms with Crippen LogP contribution in [0.1, 0.15) is 5.56 Å². The number of nitrogens with zero attached hydrogens (tertiary/aromatic N) is 4. The van der Waals surface area contributed by atoms with Gasteiger partial charge in [-0.1, -0.05) is 30.3 Å². The number of nitrogens with two attached hydrogens (primary N) is 2. The lowest BCUT2D eigenvalue weighted by Crippen LogP contribution is -2.40. The van der Waals surface area contributed by atoms with Crippen LogP contribution in [-0.4, -0.2) is 24.4 Å². The lowest BCUT2D eigenvalue weighted by molar-refractivity contribution is -0.119. The molecular weight excluding hydrogens is 368 g/mol. The van der Waals surface area contributed by atoms with E-state index in [1.807, 2.05) is 30.3 Å². The molecule has 29 heavy (non-hydrogen) atoms. The Morgan fingerprint density at radius 1 is 1.17 bits per heavy atom. The molecule has 144 valence electrons. The summed E-state index contributed by atoms with van der Waals surface area (Å²) in [6, 6.07) is 20.2. The molecule has 2 aromatic carbocycles. The van der Waals surface area contributed by atoms with Gasteiger partial charge in [0.05, 0.1) is 23.0 Å². The van der Waals surface area contributed by atoms with E-state index in [0.717, 1.165) is 5.69 Å². The van der Waals surface area contributed by atoms with Crippen LogP contribution in [0.4, 0.5) is 5.69 Å². The Kier molecular flexibility index (Phi) is 5.88. The Bertz CT molecular complexity index is 1030. The number of hydrogen-bond acceptors (Lipinski definition) is 7. The van der Waals surface area contributed by atoms with Gasteiger partial charge in [-0.25, -0.2) is 5.01 Å². The van der Waals surface area contributed by atoms with Crippen LogP contribution in [0, 0.1) is 28.6 Å². The Labute approximate surface area is 167 Å². The van der Waals surface area contributed by atoms with Crippen molar-refractivity contribution in [2.24, 2.45) is 22.5 Å². The predicted octanol–water partition coefficient (Wildman–Crippen LogP) is 1.76. The van der Waals surface area contributed by atoms with Crippen LogP contribution < -0.4 is 21.2 Å². The number of para-hydroxylation sites is 1. The van der Waals surface area contributed by atoms with Gasteiger partial charge in [0.2, 0.25) is 0 Å². The first-order valence-corrected chi connectivity index (χ1v) is 8.75. The van der Waals surface area contributed by atoms with Crippen molar-refractivity contribution in [3.8, 4) is 17.9 Å². The van der Waals surface area contributed by atoms with E-state index in [-0.39, 0.29) is 12.2 Å². The fraction of sp³-hybridized carbons (Fsp3) is 0.143. The third-order valence-electron chi connectivity index (χ3n) is 4.26. The van der Waals surface area contributed by atoms with Crippen LogP contribution in [0.2, 0.25) is 0 Å². The van der Waals surface area contributed by atoms with Gasteiger partial charge < -0.3 is 16.2 Å². The highest BCUT2D eigenvalue weighted by Gasteiger charge is 2.37. The van der Waals surface area contributed by atoms with Gasteiger partial charge in [0, 0.05) is 0 Å². The summed E-state index contributed by atoms with van der Waals surface area (Å²) in [4.78, 5) is 10.8. The number of hydrogen-bond donors (Lipinski definition) is 2. The minimum atomic E-state index is -0.751. The summed E-state index contributed by atoms with van der Waals surface area (Å²) in [7, 11) is 0. The van der Waals surface area contributed by atoms with E-state index in [2.05, 4.69) is 17.2 Å². The van der Waals surface area contributed by atoms with E-state index < -0.39 is 18.0 Å². The van der Waals surface area contributed by atoms with E-state index in [0.29, 0.717) is 17.0 Å². The zero-order valence-corrected chi connectivity index (χ0v) is 15.4. The van der Waals surface area contributed by atoms with Crippen molar-refractivity contribution in [1.29, 1.82) is 10.5 Å². The van der Waals surface area contributed by atoms with Crippen molar-refractivity contribution in [2.45, 2.75) is 6.17 Å². The van der Waals surface area contributed by atoms with Crippen LogP contribution in [0.5, 0.6) is 5.75 Å². The second-order valence-corrected chi connectivity index (χ2v) is 6.26. The van der Waals surface area contributed by atoms with Crippen molar-refractivity contribution < 1.29 is 9.53 Å². The summed E-state index contributed by atoms with van der Waals surface area (Å²) in [5.74, 6) is -0.842. The van der Waals surface area contributed by atoms with Gasteiger partial charge in [0.15, 0.2) is 6.61 Å². The largest absolute Gasteiger partial charge is 0.484 e. The lowest BCUT2D eigenvalue weighted by Gasteiger charge is -2.21. The molecule has 1 heterocycles. The monoisotopic (exact) mass is 386 g/mol. The highest BCUT2D eigenvalue weighted by atomic mass is 16.5. The average molecular weight is 386 g/mol. The third-order valence-corrected chi connectivity index (χ3v) is 4.26. The van der Waals surface area contributed by atoms with Gasteiger partial charge in [-0.3, -0.25) is 4.79 Å². The second-order valence-electron chi connectivity index (χ2n) is 6.26. The first-order chi connectivity index (χ1) is 14.0. The lowest BCUT2D eigenvalue weighted by atomic mass is 9.95. The van der Waals surface area contributed by atoms with Crippen LogP contribution in [0.3, 0.4) is 0 Å². The predicted molar refractivity (Wildman–Crippen MR) is 108 cm³/mol. The van der Waals surface area contributed by atoms with Crippen LogP contribution in [-0.2, 0) is 4.79 Å². The van der Waals surface area contributed by atoms with E-state index in [9.17, 15) is 15.3 Å². The van der Waals surface area contributed by atoms with E-state index >= 15 is 0 Å². The first kappa shape index (κ1) is 19.6. The molecule has 0 unspecified atom stereocenters. The molecule has 1 aliphatic heterocycles. The molecule has 8 heteroatoms. The number of carbonyl (C=O) groups is 1. The minimum Gasteiger partial charge on any atom is -0.484 e. The molecule has 0 aromatic heterocycles. The normalized spacial score (nSPS) is 18.5. The van der Waals surface area contributed by atoms with Gasteiger partial charge in [-0.05, 0) is 35.9 Å². The Morgan fingerprint density at radius 2 is 1.86 bits per heavy atom. The van der Waals surface area contributed by atoms with E-state index in [1.165, 1.54) is 0 Å². The maximum Gasteiger partial charge on any atom is 0.255 e. The van der Waals surface area contributed by atoms with Gasteiger partial charge in [0.25, 0.3) is 5.91 Å². The topological polar surface area (TPSA) is 142 Å². The first-order valence-electron chi connectivity index (χ1n) is 8.75.